The van der Waals surface area contributed by atoms with Crippen molar-refractivity contribution in [3.8, 4) is 5.75 Å². The van der Waals surface area contributed by atoms with Crippen LogP contribution in [-0.4, -0.2) is 42.0 Å². The molecule has 0 aliphatic carbocycles. The van der Waals surface area contributed by atoms with Gasteiger partial charge in [0.1, 0.15) is 6.61 Å². The lowest BCUT2D eigenvalue weighted by atomic mass is 10.2. The minimum absolute atomic E-state index is 0.178. The van der Waals surface area contributed by atoms with E-state index >= 15 is 0 Å². The van der Waals surface area contributed by atoms with Crippen LogP contribution in [0.15, 0.2) is 18.2 Å². The second-order valence-corrected chi connectivity index (χ2v) is 7.19. The van der Waals surface area contributed by atoms with E-state index in [9.17, 15) is 23.3 Å². The van der Waals surface area contributed by atoms with Gasteiger partial charge >= 0.3 is 11.7 Å². The zero-order valence-electron chi connectivity index (χ0n) is 11.5. The third kappa shape index (κ3) is 4.42. The number of nitro groups is 1. The number of carboxylic acids is 1. The molecule has 0 spiro atoms. The van der Waals surface area contributed by atoms with Gasteiger partial charge in [0, 0.05) is 12.1 Å². The largest absolute Gasteiger partial charge is 0.486 e. The zero-order valence-corrected chi connectivity index (χ0v) is 12.3. The highest BCUT2D eigenvalue weighted by Crippen LogP contribution is 2.28. The Kier molecular flexibility index (Phi) is 5.25. The normalized spacial score (nSPS) is 11.4. The monoisotopic (exact) mass is 317 g/mol. The predicted molar refractivity (Wildman–Crippen MR) is 74.5 cm³/mol. The molecule has 1 aromatic rings. The van der Waals surface area contributed by atoms with Crippen LogP contribution >= 0.6 is 0 Å². The van der Waals surface area contributed by atoms with Gasteiger partial charge in [-0.1, -0.05) is 0 Å². The molecule has 0 radical (unpaired) electrons. The summed E-state index contributed by atoms with van der Waals surface area (Å²) in [5.74, 6) is -1.83. The molecule has 0 aromatic heterocycles. The molecule has 0 heterocycles. The molecule has 0 fully saturated rings. The van der Waals surface area contributed by atoms with Crippen LogP contribution in [-0.2, 0) is 9.84 Å². The molecule has 0 atom stereocenters. The van der Waals surface area contributed by atoms with Gasteiger partial charge in [-0.05, 0) is 19.9 Å². The van der Waals surface area contributed by atoms with Crippen molar-refractivity contribution in [2.24, 2.45) is 0 Å². The van der Waals surface area contributed by atoms with Gasteiger partial charge in [-0.3, -0.25) is 10.1 Å². The maximum atomic E-state index is 11.6. The number of rotatable bonds is 7. The average Bonchev–Trinajstić information content (AvgIpc) is 2.37. The molecule has 1 rings (SSSR count). The number of sulfone groups is 1. The first-order valence-electron chi connectivity index (χ1n) is 6.01. The van der Waals surface area contributed by atoms with Crippen molar-refractivity contribution in [1.82, 2.24) is 0 Å². The van der Waals surface area contributed by atoms with Gasteiger partial charge in [-0.25, -0.2) is 13.2 Å². The topological polar surface area (TPSA) is 124 Å². The summed E-state index contributed by atoms with van der Waals surface area (Å²) in [6.45, 7) is 2.75. The smallest absolute Gasteiger partial charge is 0.335 e. The quantitative estimate of drug-likeness (QED) is 0.596. The molecule has 0 amide bonds. The van der Waals surface area contributed by atoms with Crippen LogP contribution in [0.3, 0.4) is 0 Å². The summed E-state index contributed by atoms with van der Waals surface area (Å²) in [7, 11) is -3.34. The number of carboxylic acid groups (broad SMARTS) is 1. The lowest BCUT2D eigenvalue weighted by Crippen LogP contribution is -2.22. The molecule has 1 aromatic carbocycles. The first-order chi connectivity index (χ1) is 9.65. The van der Waals surface area contributed by atoms with Crippen molar-refractivity contribution < 1.29 is 28.0 Å². The van der Waals surface area contributed by atoms with Gasteiger partial charge < -0.3 is 9.84 Å². The van der Waals surface area contributed by atoms with E-state index in [2.05, 4.69) is 0 Å². The average molecular weight is 317 g/mol. The Morgan fingerprint density at radius 2 is 2.05 bits per heavy atom. The number of nitro benzene ring substituents is 1. The van der Waals surface area contributed by atoms with E-state index in [0.717, 1.165) is 18.2 Å². The number of hydrogen-bond acceptors (Lipinski definition) is 6. The fraction of sp³-hybridized carbons (Fsp3) is 0.417. The summed E-state index contributed by atoms with van der Waals surface area (Å²) in [4.78, 5) is 20.9. The van der Waals surface area contributed by atoms with E-state index in [1.165, 1.54) is 13.8 Å². The van der Waals surface area contributed by atoms with E-state index in [1.54, 1.807) is 0 Å². The minimum Gasteiger partial charge on any atom is -0.486 e. The summed E-state index contributed by atoms with van der Waals surface area (Å²) in [5, 5.41) is 19.1. The number of benzene rings is 1. The molecule has 1 N–H and O–H groups in total. The highest BCUT2D eigenvalue weighted by Gasteiger charge is 2.20. The number of hydrogen-bond donors (Lipinski definition) is 1. The summed E-state index contributed by atoms with van der Waals surface area (Å²) in [6, 6.07) is 3.09. The molecule has 116 valence electrons. The SMILES string of the molecule is CC(C)S(=O)(=O)CCOc1cc(C(=O)O)ccc1[N+](=O)[O-]. The van der Waals surface area contributed by atoms with Crippen molar-refractivity contribution in [2.45, 2.75) is 19.1 Å². The Bertz CT molecular complexity index is 652. The Hall–Kier alpha value is -2.16. The first-order valence-corrected chi connectivity index (χ1v) is 7.73. The predicted octanol–water partition coefficient (Wildman–Crippen LogP) is 1.49. The number of aromatic carboxylic acids is 1. The third-order valence-corrected chi connectivity index (χ3v) is 4.92. The van der Waals surface area contributed by atoms with Crippen LogP contribution in [0.2, 0.25) is 0 Å². The molecule has 0 aliphatic rings. The number of carbonyl (C=O) groups is 1. The van der Waals surface area contributed by atoms with Crippen LogP contribution in [0.5, 0.6) is 5.75 Å². The molecule has 0 bridgehead atoms. The standard InChI is InChI=1S/C12H15NO7S/c1-8(2)21(18,19)6-5-20-11-7-9(12(14)15)3-4-10(11)13(16)17/h3-4,7-8H,5-6H2,1-2H3,(H,14,15). The first kappa shape index (κ1) is 16.9. The number of ether oxygens (including phenoxy) is 1. The van der Waals surface area contributed by atoms with Crippen molar-refractivity contribution in [2.75, 3.05) is 12.4 Å². The Morgan fingerprint density at radius 1 is 1.43 bits per heavy atom. The summed E-state index contributed by atoms with van der Waals surface area (Å²) >= 11 is 0. The molecular weight excluding hydrogens is 302 g/mol. The highest BCUT2D eigenvalue weighted by molar-refractivity contribution is 7.91. The Morgan fingerprint density at radius 3 is 2.52 bits per heavy atom. The van der Waals surface area contributed by atoms with E-state index in [-0.39, 0.29) is 23.7 Å². The molecule has 0 saturated carbocycles. The fourth-order valence-corrected chi connectivity index (χ4v) is 2.20. The van der Waals surface area contributed by atoms with E-state index in [0.29, 0.717) is 0 Å². The Balaban J connectivity index is 2.93. The van der Waals surface area contributed by atoms with Crippen LogP contribution in [0.1, 0.15) is 24.2 Å². The highest BCUT2D eigenvalue weighted by atomic mass is 32.2. The van der Waals surface area contributed by atoms with Crippen molar-refractivity contribution >= 4 is 21.5 Å². The van der Waals surface area contributed by atoms with E-state index in [1.807, 2.05) is 0 Å². The molecule has 21 heavy (non-hydrogen) atoms. The summed E-state index contributed by atoms with van der Waals surface area (Å²) < 4.78 is 28.3. The van der Waals surface area contributed by atoms with Crippen molar-refractivity contribution in [1.29, 1.82) is 0 Å². The molecular formula is C12H15NO7S. The molecule has 0 saturated heterocycles. The number of nitrogens with zero attached hydrogens (tertiary/aromatic N) is 1. The molecule has 8 nitrogen and oxygen atoms in total. The molecule has 0 unspecified atom stereocenters. The van der Waals surface area contributed by atoms with Crippen molar-refractivity contribution in [3.05, 3.63) is 33.9 Å². The minimum atomic E-state index is -3.34. The lowest BCUT2D eigenvalue weighted by molar-refractivity contribution is -0.385. The Labute approximate surface area is 121 Å². The van der Waals surface area contributed by atoms with Crippen LogP contribution in [0.25, 0.3) is 0 Å². The van der Waals surface area contributed by atoms with Gasteiger partial charge in [-0.15, -0.1) is 0 Å². The molecule has 9 heteroatoms. The van der Waals surface area contributed by atoms with Crippen molar-refractivity contribution in [3.63, 3.8) is 0 Å². The maximum Gasteiger partial charge on any atom is 0.335 e. The van der Waals surface area contributed by atoms with Crippen LogP contribution < -0.4 is 4.74 Å². The maximum absolute atomic E-state index is 11.6. The second-order valence-electron chi connectivity index (χ2n) is 4.51. The van der Waals surface area contributed by atoms with E-state index < -0.39 is 31.7 Å². The summed E-state index contributed by atoms with van der Waals surface area (Å²) in [5.41, 5.74) is -0.593. The second kappa shape index (κ2) is 6.53. The molecule has 0 aliphatic heterocycles. The van der Waals surface area contributed by atoms with Gasteiger partial charge in [-0.2, -0.15) is 0 Å². The van der Waals surface area contributed by atoms with Crippen LogP contribution in [0, 0.1) is 10.1 Å². The third-order valence-electron chi connectivity index (χ3n) is 2.75. The van der Waals surface area contributed by atoms with Gasteiger partial charge in [0.25, 0.3) is 0 Å². The lowest BCUT2D eigenvalue weighted by Gasteiger charge is -2.10. The summed E-state index contributed by atoms with van der Waals surface area (Å²) in [6.07, 6.45) is 0. The van der Waals surface area contributed by atoms with Gasteiger partial charge in [0.15, 0.2) is 15.6 Å². The van der Waals surface area contributed by atoms with E-state index in [4.69, 9.17) is 9.84 Å². The van der Waals surface area contributed by atoms with Gasteiger partial charge in [0.05, 0.1) is 21.5 Å². The fourth-order valence-electron chi connectivity index (χ4n) is 1.42. The van der Waals surface area contributed by atoms with Crippen LogP contribution in [0.4, 0.5) is 5.69 Å². The zero-order chi connectivity index (χ0) is 16.2. The van der Waals surface area contributed by atoms with Gasteiger partial charge in [0.2, 0.25) is 0 Å².